The second-order valence-corrected chi connectivity index (χ2v) is 9.06. The van der Waals surface area contributed by atoms with Crippen LogP contribution in [0.25, 0.3) is 0 Å². The van der Waals surface area contributed by atoms with Gasteiger partial charge in [-0.05, 0) is 49.2 Å². The molecule has 0 spiro atoms. The summed E-state index contributed by atoms with van der Waals surface area (Å²) in [5.41, 5.74) is 0.973. The van der Waals surface area contributed by atoms with Crippen LogP contribution in [0.2, 0.25) is 0 Å². The molecule has 2 heterocycles. The van der Waals surface area contributed by atoms with Gasteiger partial charge in [0.2, 0.25) is 5.91 Å². The standard InChI is InChI=1S/C24H22BrN3O6/c1-14(29)34-18-4-2-3-15(11-18)22(31)27-9-7-17(8-10-27)26-21(30)13-28-23(32)19-6-5-16(25)12-20(19)24(28)33/h2-6,11-12,17H,7-10,13H2,1H3,(H,26,30). The van der Waals surface area contributed by atoms with Gasteiger partial charge in [-0.3, -0.25) is 28.9 Å². The molecule has 0 atom stereocenters. The van der Waals surface area contributed by atoms with Crippen LogP contribution in [0, 0.1) is 0 Å². The molecule has 10 heteroatoms. The van der Waals surface area contributed by atoms with Crippen molar-refractivity contribution in [3.63, 3.8) is 0 Å². The molecule has 0 saturated carbocycles. The van der Waals surface area contributed by atoms with Crippen molar-refractivity contribution in [2.75, 3.05) is 19.6 Å². The number of carbonyl (C=O) groups excluding carboxylic acids is 5. The number of nitrogens with one attached hydrogen (secondary N) is 1. The first-order valence-electron chi connectivity index (χ1n) is 10.8. The van der Waals surface area contributed by atoms with Gasteiger partial charge in [0.05, 0.1) is 11.1 Å². The van der Waals surface area contributed by atoms with Crippen LogP contribution in [0.15, 0.2) is 46.9 Å². The molecule has 2 aromatic carbocycles. The molecule has 2 aliphatic rings. The Morgan fingerprint density at radius 3 is 2.44 bits per heavy atom. The van der Waals surface area contributed by atoms with E-state index in [1.807, 2.05) is 0 Å². The maximum absolute atomic E-state index is 12.8. The quantitative estimate of drug-likeness (QED) is 0.363. The van der Waals surface area contributed by atoms with E-state index >= 15 is 0 Å². The van der Waals surface area contributed by atoms with E-state index in [-0.39, 0.29) is 29.6 Å². The SMILES string of the molecule is CC(=O)Oc1cccc(C(=O)N2CCC(NC(=O)CN3C(=O)c4ccc(Br)cc4C3=O)CC2)c1. The molecule has 0 radical (unpaired) electrons. The minimum atomic E-state index is -0.493. The normalized spacial score (nSPS) is 15.8. The van der Waals surface area contributed by atoms with Crippen LogP contribution < -0.4 is 10.1 Å². The van der Waals surface area contributed by atoms with E-state index < -0.39 is 23.7 Å². The van der Waals surface area contributed by atoms with Gasteiger partial charge in [0.25, 0.3) is 17.7 Å². The van der Waals surface area contributed by atoms with Crippen molar-refractivity contribution < 1.29 is 28.7 Å². The lowest BCUT2D eigenvalue weighted by Gasteiger charge is -2.32. The van der Waals surface area contributed by atoms with Crippen LogP contribution in [0.5, 0.6) is 5.75 Å². The topological polar surface area (TPSA) is 113 Å². The van der Waals surface area contributed by atoms with Gasteiger partial charge >= 0.3 is 5.97 Å². The van der Waals surface area contributed by atoms with E-state index in [0.717, 1.165) is 4.90 Å². The van der Waals surface area contributed by atoms with Crippen LogP contribution in [-0.2, 0) is 9.59 Å². The summed E-state index contributed by atoms with van der Waals surface area (Å²) in [7, 11) is 0. The second kappa shape index (κ2) is 9.76. The number of halogens is 1. The number of imide groups is 1. The van der Waals surface area contributed by atoms with Crippen molar-refractivity contribution in [2.24, 2.45) is 0 Å². The molecule has 0 unspecified atom stereocenters. The molecule has 0 bridgehead atoms. The van der Waals surface area contributed by atoms with Gasteiger partial charge in [-0.15, -0.1) is 0 Å². The molecule has 0 aliphatic carbocycles. The molecule has 4 amide bonds. The largest absolute Gasteiger partial charge is 0.427 e. The van der Waals surface area contributed by atoms with Crippen LogP contribution in [0.3, 0.4) is 0 Å². The predicted molar refractivity (Wildman–Crippen MR) is 124 cm³/mol. The second-order valence-electron chi connectivity index (χ2n) is 8.14. The Labute approximate surface area is 204 Å². The maximum atomic E-state index is 12.8. The van der Waals surface area contributed by atoms with Crippen LogP contribution in [0.4, 0.5) is 0 Å². The van der Waals surface area contributed by atoms with Crippen molar-refractivity contribution in [3.8, 4) is 5.75 Å². The van der Waals surface area contributed by atoms with Gasteiger partial charge in [0, 0.05) is 36.1 Å². The molecule has 1 fully saturated rings. The number of piperidine rings is 1. The summed E-state index contributed by atoms with van der Waals surface area (Å²) in [6, 6.07) is 11.1. The fourth-order valence-corrected chi connectivity index (χ4v) is 4.45. The van der Waals surface area contributed by atoms with Gasteiger partial charge in [0.15, 0.2) is 0 Å². The number of nitrogens with zero attached hydrogens (tertiary/aromatic N) is 2. The summed E-state index contributed by atoms with van der Waals surface area (Å²) in [5, 5.41) is 2.87. The highest BCUT2D eigenvalue weighted by Crippen LogP contribution is 2.26. The zero-order valence-corrected chi connectivity index (χ0v) is 20.0. The highest BCUT2D eigenvalue weighted by molar-refractivity contribution is 9.10. The third kappa shape index (κ3) is 5.01. The lowest BCUT2D eigenvalue weighted by Crippen LogP contribution is -2.49. The van der Waals surface area contributed by atoms with E-state index in [1.54, 1.807) is 41.3 Å². The molecule has 4 rings (SSSR count). The van der Waals surface area contributed by atoms with E-state index in [2.05, 4.69) is 21.2 Å². The monoisotopic (exact) mass is 527 g/mol. The highest BCUT2D eigenvalue weighted by atomic mass is 79.9. The molecule has 9 nitrogen and oxygen atoms in total. The van der Waals surface area contributed by atoms with Crippen LogP contribution >= 0.6 is 15.9 Å². The summed E-state index contributed by atoms with van der Waals surface area (Å²) in [6.07, 6.45) is 1.08. The number of hydrogen-bond acceptors (Lipinski definition) is 6. The lowest BCUT2D eigenvalue weighted by atomic mass is 10.0. The van der Waals surface area contributed by atoms with E-state index in [0.29, 0.717) is 41.7 Å². The third-order valence-corrected chi connectivity index (χ3v) is 6.22. The summed E-state index contributed by atoms with van der Waals surface area (Å²) >= 11 is 3.28. The number of ether oxygens (including phenoxy) is 1. The number of benzene rings is 2. The molecule has 0 aromatic heterocycles. The predicted octanol–water partition coefficient (Wildman–Crippen LogP) is 2.39. The molecule has 34 heavy (non-hydrogen) atoms. The Morgan fingerprint density at radius 1 is 1.03 bits per heavy atom. The Bertz CT molecular complexity index is 1190. The van der Waals surface area contributed by atoms with Gasteiger partial charge < -0.3 is 15.0 Å². The summed E-state index contributed by atoms with van der Waals surface area (Å²) < 4.78 is 5.72. The van der Waals surface area contributed by atoms with E-state index in [9.17, 15) is 24.0 Å². The van der Waals surface area contributed by atoms with Crippen LogP contribution in [-0.4, -0.2) is 65.1 Å². The van der Waals surface area contributed by atoms with Crippen molar-refractivity contribution in [1.82, 2.24) is 15.1 Å². The van der Waals surface area contributed by atoms with Gasteiger partial charge in [0.1, 0.15) is 12.3 Å². The van der Waals surface area contributed by atoms with E-state index in [1.165, 1.54) is 13.0 Å². The van der Waals surface area contributed by atoms with Gasteiger partial charge in [-0.2, -0.15) is 0 Å². The summed E-state index contributed by atoms with van der Waals surface area (Å²) in [6.45, 7) is 1.80. The lowest BCUT2D eigenvalue weighted by molar-refractivity contribution is -0.131. The van der Waals surface area contributed by atoms with E-state index in [4.69, 9.17) is 4.74 Å². The number of rotatable bonds is 5. The molecule has 2 aliphatic heterocycles. The number of amides is 4. The first-order valence-corrected chi connectivity index (χ1v) is 11.5. The van der Waals surface area contributed by atoms with Gasteiger partial charge in [-0.25, -0.2) is 0 Å². The third-order valence-electron chi connectivity index (χ3n) is 5.72. The number of fused-ring (bicyclic) bond motifs is 1. The summed E-state index contributed by atoms with van der Waals surface area (Å²) in [4.78, 5) is 64.2. The Hall–Kier alpha value is -3.53. The average molecular weight is 528 g/mol. The van der Waals surface area contributed by atoms with Crippen molar-refractivity contribution in [3.05, 3.63) is 63.6 Å². The number of hydrogen-bond donors (Lipinski definition) is 1. The first kappa shape index (κ1) is 23.6. The number of likely N-dealkylation sites (tertiary alicyclic amines) is 1. The molecule has 176 valence electrons. The van der Waals surface area contributed by atoms with Crippen LogP contribution in [0.1, 0.15) is 50.8 Å². The van der Waals surface area contributed by atoms with Gasteiger partial charge in [-0.1, -0.05) is 22.0 Å². The smallest absolute Gasteiger partial charge is 0.308 e. The van der Waals surface area contributed by atoms with Crippen molar-refractivity contribution >= 4 is 45.5 Å². The zero-order chi connectivity index (χ0) is 24.4. The maximum Gasteiger partial charge on any atom is 0.308 e. The Balaban J connectivity index is 1.29. The Kier molecular flexibility index (Phi) is 6.78. The number of carbonyl (C=O) groups is 5. The molecule has 1 N–H and O–H groups in total. The minimum absolute atomic E-state index is 0.173. The molecule has 2 aromatic rings. The fourth-order valence-electron chi connectivity index (χ4n) is 4.09. The molecular formula is C24H22BrN3O6. The zero-order valence-electron chi connectivity index (χ0n) is 18.4. The molecule has 1 saturated heterocycles. The summed E-state index contributed by atoms with van der Waals surface area (Å²) in [5.74, 6) is -1.74. The number of esters is 1. The fraction of sp³-hybridized carbons (Fsp3) is 0.292. The highest BCUT2D eigenvalue weighted by Gasteiger charge is 2.37. The Morgan fingerprint density at radius 2 is 1.74 bits per heavy atom. The minimum Gasteiger partial charge on any atom is -0.427 e. The average Bonchev–Trinajstić information content (AvgIpc) is 3.03. The molecular weight excluding hydrogens is 506 g/mol. The van der Waals surface area contributed by atoms with Crippen molar-refractivity contribution in [2.45, 2.75) is 25.8 Å². The first-order chi connectivity index (χ1) is 16.2. The van der Waals surface area contributed by atoms with Crippen molar-refractivity contribution in [1.29, 1.82) is 0 Å².